The van der Waals surface area contributed by atoms with Crippen molar-refractivity contribution < 1.29 is 9.53 Å². The molecule has 0 aliphatic heterocycles. The number of halogens is 2. The minimum atomic E-state index is -0.0537. The third-order valence-corrected chi connectivity index (χ3v) is 5.17. The molecule has 1 aromatic rings. The van der Waals surface area contributed by atoms with Crippen molar-refractivity contribution in [1.29, 1.82) is 0 Å². The topological polar surface area (TPSA) is 38.3 Å². The van der Waals surface area contributed by atoms with E-state index in [0.29, 0.717) is 10.6 Å². The first-order chi connectivity index (χ1) is 9.06. The number of carbonyl (C=O) groups excluding carboxylic acids is 1. The molecule has 1 aromatic carbocycles. The van der Waals surface area contributed by atoms with Crippen molar-refractivity contribution >= 4 is 40.1 Å². The fraction of sp³-hybridized carbons (Fsp3) is 0.500. The van der Waals surface area contributed by atoms with E-state index in [2.05, 4.69) is 27.9 Å². The second kappa shape index (κ2) is 6.41. The Kier molecular flexibility index (Phi) is 5.09. The fourth-order valence-electron chi connectivity index (χ4n) is 2.02. The maximum absolute atomic E-state index is 12.1. The largest absolute Gasteiger partial charge is 0.385 e. The van der Waals surface area contributed by atoms with Crippen LogP contribution >= 0.6 is 34.2 Å². The number of benzene rings is 1. The molecule has 0 unspecified atom stereocenters. The maximum atomic E-state index is 12.1. The van der Waals surface area contributed by atoms with Gasteiger partial charge in [-0.25, -0.2) is 0 Å². The Balaban J connectivity index is 1.89. The molecule has 1 aliphatic carbocycles. The van der Waals surface area contributed by atoms with E-state index in [1.165, 1.54) is 12.8 Å². The summed E-state index contributed by atoms with van der Waals surface area (Å²) < 4.78 is 6.06. The summed E-state index contributed by atoms with van der Waals surface area (Å²) in [6.07, 6.45) is 3.35. The minimum Gasteiger partial charge on any atom is -0.385 e. The summed E-state index contributed by atoms with van der Waals surface area (Å²) in [5, 5.41) is 3.62. The second-order valence-corrected chi connectivity index (χ2v) is 6.62. The van der Waals surface area contributed by atoms with Crippen LogP contribution in [0.2, 0.25) is 5.02 Å². The van der Waals surface area contributed by atoms with Crippen LogP contribution in [0.1, 0.15) is 29.6 Å². The van der Waals surface area contributed by atoms with E-state index >= 15 is 0 Å². The number of methoxy groups -OCH3 is 1. The van der Waals surface area contributed by atoms with Gasteiger partial charge in [-0.3, -0.25) is 4.79 Å². The molecule has 1 aliphatic rings. The molecule has 1 amide bonds. The van der Waals surface area contributed by atoms with Crippen LogP contribution in [0.5, 0.6) is 0 Å². The van der Waals surface area contributed by atoms with Crippen LogP contribution in [-0.4, -0.2) is 26.2 Å². The van der Waals surface area contributed by atoms with Crippen molar-refractivity contribution in [2.75, 3.05) is 20.3 Å². The zero-order chi connectivity index (χ0) is 13.9. The van der Waals surface area contributed by atoms with Gasteiger partial charge in [-0.15, -0.1) is 0 Å². The van der Waals surface area contributed by atoms with E-state index in [4.69, 9.17) is 16.3 Å². The summed E-state index contributed by atoms with van der Waals surface area (Å²) in [4.78, 5) is 12.1. The summed E-state index contributed by atoms with van der Waals surface area (Å²) in [6.45, 7) is 1.48. The monoisotopic (exact) mass is 393 g/mol. The van der Waals surface area contributed by atoms with Crippen molar-refractivity contribution in [2.45, 2.75) is 19.3 Å². The lowest BCUT2D eigenvalue weighted by atomic mass is 10.0. The number of amides is 1. The van der Waals surface area contributed by atoms with Gasteiger partial charge in [0.2, 0.25) is 0 Å². The van der Waals surface area contributed by atoms with E-state index in [9.17, 15) is 4.79 Å². The Morgan fingerprint density at radius 3 is 2.84 bits per heavy atom. The third-order valence-electron chi connectivity index (χ3n) is 3.60. The van der Waals surface area contributed by atoms with Gasteiger partial charge in [0.1, 0.15) is 0 Å². The van der Waals surface area contributed by atoms with E-state index < -0.39 is 0 Å². The molecule has 19 heavy (non-hydrogen) atoms. The van der Waals surface area contributed by atoms with Crippen molar-refractivity contribution in [3.05, 3.63) is 32.4 Å². The molecule has 0 atom stereocenters. The van der Waals surface area contributed by atoms with Crippen molar-refractivity contribution in [2.24, 2.45) is 5.41 Å². The molecule has 5 heteroatoms. The molecule has 1 N–H and O–H groups in total. The lowest BCUT2D eigenvalue weighted by Crippen LogP contribution is -2.30. The highest BCUT2D eigenvalue weighted by molar-refractivity contribution is 14.1. The van der Waals surface area contributed by atoms with Gasteiger partial charge >= 0.3 is 0 Å². The third kappa shape index (κ3) is 4.07. The van der Waals surface area contributed by atoms with Gasteiger partial charge in [0.15, 0.2) is 0 Å². The standard InChI is InChI=1S/C14H17ClINO2/c1-19-7-6-14(4-5-14)9-17-13(18)10-2-3-12(16)11(15)8-10/h2-3,8H,4-7,9H2,1H3,(H,17,18). The molecule has 1 saturated carbocycles. The molecule has 0 radical (unpaired) electrons. The number of ether oxygens (including phenoxy) is 1. The highest BCUT2D eigenvalue weighted by Gasteiger charge is 2.42. The Hall–Kier alpha value is -0.330. The number of carbonyl (C=O) groups is 1. The van der Waals surface area contributed by atoms with Crippen molar-refractivity contribution in [3.8, 4) is 0 Å². The van der Waals surface area contributed by atoms with Gasteiger partial charge in [0, 0.05) is 29.4 Å². The normalized spacial score (nSPS) is 16.2. The second-order valence-electron chi connectivity index (χ2n) is 5.05. The van der Waals surface area contributed by atoms with Gasteiger partial charge in [-0.05, 0) is 65.5 Å². The Morgan fingerprint density at radius 2 is 2.26 bits per heavy atom. The van der Waals surface area contributed by atoms with Crippen LogP contribution in [0.4, 0.5) is 0 Å². The van der Waals surface area contributed by atoms with E-state index in [-0.39, 0.29) is 11.3 Å². The molecule has 2 rings (SSSR count). The van der Waals surface area contributed by atoms with Crippen LogP contribution in [0.15, 0.2) is 18.2 Å². The van der Waals surface area contributed by atoms with Crippen LogP contribution in [0.3, 0.4) is 0 Å². The molecular weight excluding hydrogens is 377 g/mol. The average molecular weight is 394 g/mol. The molecule has 3 nitrogen and oxygen atoms in total. The average Bonchev–Trinajstić information content (AvgIpc) is 3.17. The predicted molar refractivity (Wildman–Crippen MR) is 84.7 cm³/mol. The molecule has 0 saturated heterocycles. The first-order valence-corrected chi connectivity index (χ1v) is 7.74. The van der Waals surface area contributed by atoms with Crippen molar-refractivity contribution in [3.63, 3.8) is 0 Å². The van der Waals surface area contributed by atoms with Gasteiger partial charge in [-0.1, -0.05) is 11.6 Å². The summed E-state index contributed by atoms with van der Waals surface area (Å²) in [7, 11) is 1.71. The smallest absolute Gasteiger partial charge is 0.251 e. The van der Waals surface area contributed by atoms with Gasteiger partial charge in [-0.2, -0.15) is 0 Å². The highest BCUT2D eigenvalue weighted by Crippen LogP contribution is 2.48. The van der Waals surface area contributed by atoms with E-state index in [1.807, 2.05) is 6.07 Å². The van der Waals surface area contributed by atoms with Crippen LogP contribution in [-0.2, 0) is 4.74 Å². The summed E-state index contributed by atoms with van der Waals surface area (Å²) in [5.74, 6) is -0.0537. The Morgan fingerprint density at radius 1 is 1.53 bits per heavy atom. The molecular formula is C14H17ClINO2. The van der Waals surface area contributed by atoms with Crippen molar-refractivity contribution in [1.82, 2.24) is 5.32 Å². The SMILES string of the molecule is COCCC1(CNC(=O)c2ccc(I)c(Cl)c2)CC1. The van der Waals surface area contributed by atoms with Gasteiger partial charge in [0.25, 0.3) is 5.91 Å². The number of hydrogen-bond acceptors (Lipinski definition) is 2. The molecule has 104 valence electrons. The first kappa shape index (κ1) is 15.1. The van der Waals surface area contributed by atoms with Gasteiger partial charge < -0.3 is 10.1 Å². The predicted octanol–water partition coefficient (Wildman–Crippen LogP) is 3.49. The number of rotatable bonds is 6. The van der Waals surface area contributed by atoms with Crippen LogP contribution in [0.25, 0.3) is 0 Å². The fourth-order valence-corrected chi connectivity index (χ4v) is 2.53. The van der Waals surface area contributed by atoms with E-state index in [1.54, 1.807) is 19.2 Å². The Labute approximate surface area is 132 Å². The summed E-state index contributed by atoms with van der Waals surface area (Å²) in [6, 6.07) is 5.38. The summed E-state index contributed by atoms with van der Waals surface area (Å²) >= 11 is 8.17. The zero-order valence-electron chi connectivity index (χ0n) is 10.8. The van der Waals surface area contributed by atoms with Crippen LogP contribution < -0.4 is 5.32 Å². The molecule has 0 aromatic heterocycles. The summed E-state index contributed by atoms with van der Waals surface area (Å²) in [5.41, 5.74) is 0.881. The molecule has 0 spiro atoms. The maximum Gasteiger partial charge on any atom is 0.251 e. The first-order valence-electron chi connectivity index (χ1n) is 6.28. The van der Waals surface area contributed by atoms with Crippen LogP contribution in [0, 0.1) is 8.99 Å². The lowest BCUT2D eigenvalue weighted by molar-refractivity contribution is 0.0938. The zero-order valence-corrected chi connectivity index (χ0v) is 13.8. The lowest BCUT2D eigenvalue weighted by Gasteiger charge is -2.15. The number of hydrogen-bond donors (Lipinski definition) is 1. The number of nitrogens with one attached hydrogen (secondary N) is 1. The highest BCUT2D eigenvalue weighted by atomic mass is 127. The quantitative estimate of drug-likeness (QED) is 0.751. The van der Waals surface area contributed by atoms with Gasteiger partial charge in [0.05, 0.1) is 5.02 Å². The molecule has 1 fully saturated rings. The molecule has 0 bridgehead atoms. The Bertz CT molecular complexity index is 475. The van der Waals surface area contributed by atoms with E-state index in [0.717, 1.165) is 23.1 Å². The molecule has 0 heterocycles. The minimum absolute atomic E-state index is 0.0537.